The average molecular weight is 226 g/mol. The number of thiazole rings is 1. The van der Waals surface area contributed by atoms with Gasteiger partial charge in [-0.1, -0.05) is 0 Å². The van der Waals surface area contributed by atoms with Crippen molar-refractivity contribution in [2.24, 2.45) is 5.92 Å². The zero-order valence-corrected chi connectivity index (χ0v) is 9.75. The van der Waals surface area contributed by atoms with Crippen LogP contribution in [-0.4, -0.2) is 34.7 Å². The molecular weight excluding hydrogens is 208 g/mol. The van der Waals surface area contributed by atoms with Crippen LogP contribution in [0.25, 0.3) is 0 Å². The quantitative estimate of drug-likeness (QED) is 0.849. The van der Waals surface area contributed by atoms with E-state index in [1.165, 1.54) is 24.3 Å². The van der Waals surface area contributed by atoms with Gasteiger partial charge in [0, 0.05) is 30.8 Å². The van der Waals surface area contributed by atoms with Gasteiger partial charge in [-0.05, 0) is 31.7 Å². The van der Waals surface area contributed by atoms with Crippen LogP contribution >= 0.6 is 11.3 Å². The Morgan fingerprint density at radius 1 is 1.60 bits per heavy atom. The standard InChI is InChI=1S/C11H18N2OS/c14-5-3-10-2-1-4-13(7-10)8-11-6-12-9-15-11/h6,9-10,14H,1-5,7-8H2. The molecule has 0 amide bonds. The number of nitrogens with zero attached hydrogens (tertiary/aromatic N) is 2. The first-order valence-corrected chi connectivity index (χ1v) is 6.47. The van der Waals surface area contributed by atoms with Gasteiger partial charge in [0.15, 0.2) is 0 Å². The molecule has 1 atom stereocenters. The number of aromatic nitrogens is 1. The highest BCUT2D eigenvalue weighted by Crippen LogP contribution is 2.21. The van der Waals surface area contributed by atoms with E-state index < -0.39 is 0 Å². The second-order valence-electron chi connectivity index (χ2n) is 4.22. The largest absolute Gasteiger partial charge is 0.396 e. The first-order chi connectivity index (χ1) is 7.38. The molecule has 1 aliphatic rings. The summed E-state index contributed by atoms with van der Waals surface area (Å²) in [6, 6.07) is 0. The number of aliphatic hydroxyl groups excluding tert-OH is 1. The van der Waals surface area contributed by atoms with Crippen LogP contribution in [-0.2, 0) is 6.54 Å². The molecule has 0 spiro atoms. The molecule has 1 unspecified atom stereocenters. The van der Waals surface area contributed by atoms with Crippen molar-refractivity contribution < 1.29 is 5.11 Å². The Labute approximate surface area is 94.8 Å². The number of piperidine rings is 1. The SMILES string of the molecule is OCCC1CCCN(Cc2cncs2)C1. The summed E-state index contributed by atoms with van der Waals surface area (Å²) in [6.07, 6.45) is 5.46. The van der Waals surface area contributed by atoms with Gasteiger partial charge in [0.1, 0.15) is 0 Å². The van der Waals surface area contributed by atoms with Gasteiger partial charge >= 0.3 is 0 Å². The van der Waals surface area contributed by atoms with E-state index in [1.54, 1.807) is 11.3 Å². The van der Waals surface area contributed by atoms with Crippen molar-refractivity contribution in [2.75, 3.05) is 19.7 Å². The van der Waals surface area contributed by atoms with Crippen molar-refractivity contribution in [2.45, 2.75) is 25.8 Å². The lowest BCUT2D eigenvalue weighted by Gasteiger charge is -2.32. The van der Waals surface area contributed by atoms with Crippen molar-refractivity contribution in [1.82, 2.24) is 9.88 Å². The molecule has 3 nitrogen and oxygen atoms in total. The number of likely N-dealkylation sites (tertiary alicyclic amines) is 1. The summed E-state index contributed by atoms with van der Waals surface area (Å²) < 4.78 is 0. The maximum absolute atomic E-state index is 8.93. The number of hydrogen-bond acceptors (Lipinski definition) is 4. The lowest BCUT2D eigenvalue weighted by Crippen LogP contribution is -2.35. The molecule has 0 saturated carbocycles. The van der Waals surface area contributed by atoms with E-state index in [1.807, 2.05) is 11.7 Å². The molecule has 15 heavy (non-hydrogen) atoms. The number of hydrogen-bond donors (Lipinski definition) is 1. The van der Waals surface area contributed by atoms with Crippen molar-refractivity contribution in [1.29, 1.82) is 0 Å². The van der Waals surface area contributed by atoms with Crippen LogP contribution in [0.4, 0.5) is 0 Å². The fraction of sp³-hybridized carbons (Fsp3) is 0.727. The van der Waals surface area contributed by atoms with Crippen LogP contribution in [0.5, 0.6) is 0 Å². The summed E-state index contributed by atoms with van der Waals surface area (Å²) in [5, 5.41) is 8.93. The topological polar surface area (TPSA) is 36.4 Å². The van der Waals surface area contributed by atoms with Gasteiger partial charge in [0.2, 0.25) is 0 Å². The van der Waals surface area contributed by atoms with Crippen molar-refractivity contribution in [3.63, 3.8) is 0 Å². The Kier molecular flexibility index (Phi) is 4.11. The highest BCUT2D eigenvalue weighted by molar-refractivity contribution is 7.09. The van der Waals surface area contributed by atoms with E-state index >= 15 is 0 Å². The predicted molar refractivity (Wildman–Crippen MR) is 61.8 cm³/mol. The molecular formula is C11H18N2OS. The molecule has 0 radical (unpaired) electrons. The van der Waals surface area contributed by atoms with Crippen LogP contribution in [0.1, 0.15) is 24.1 Å². The third-order valence-electron chi connectivity index (χ3n) is 3.00. The fourth-order valence-electron chi connectivity index (χ4n) is 2.25. The first-order valence-electron chi connectivity index (χ1n) is 5.59. The maximum Gasteiger partial charge on any atom is 0.0794 e. The first kappa shape index (κ1) is 11.0. The Balaban J connectivity index is 1.82. The van der Waals surface area contributed by atoms with Crippen LogP contribution in [0.2, 0.25) is 0 Å². The molecule has 1 saturated heterocycles. The summed E-state index contributed by atoms with van der Waals surface area (Å²) >= 11 is 1.73. The second kappa shape index (κ2) is 5.58. The third-order valence-corrected chi connectivity index (χ3v) is 3.77. The highest BCUT2D eigenvalue weighted by atomic mass is 32.1. The molecule has 1 aromatic rings. The van der Waals surface area contributed by atoms with Gasteiger partial charge in [-0.3, -0.25) is 9.88 Å². The monoisotopic (exact) mass is 226 g/mol. The predicted octanol–water partition coefficient (Wildman–Crippen LogP) is 1.74. The van der Waals surface area contributed by atoms with E-state index in [0.29, 0.717) is 12.5 Å². The van der Waals surface area contributed by atoms with Crippen LogP contribution in [0.3, 0.4) is 0 Å². The highest BCUT2D eigenvalue weighted by Gasteiger charge is 2.19. The molecule has 4 heteroatoms. The average Bonchev–Trinajstić information content (AvgIpc) is 2.71. The fourth-order valence-corrected chi connectivity index (χ4v) is 2.89. The molecule has 0 aliphatic carbocycles. The molecule has 1 N–H and O–H groups in total. The molecule has 1 aliphatic heterocycles. The maximum atomic E-state index is 8.93. The van der Waals surface area contributed by atoms with Gasteiger partial charge in [0.25, 0.3) is 0 Å². The second-order valence-corrected chi connectivity index (χ2v) is 5.19. The summed E-state index contributed by atoms with van der Waals surface area (Å²) in [5.74, 6) is 0.691. The van der Waals surface area contributed by atoms with Gasteiger partial charge < -0.3 is 5.11 Å². The molecule has 0 aromatic carbocycles. The van der Waals surface area contributed by atoms with E-state index in [2.05, 4.69) is 9.88 Å². The van der Waals surface area contributed by atoms with E-state index in [0.717, 1.165) is 19.5 Å². The van der Waals surface area contributed by atoms with Gasteiger partial charge in [0.05, 0.1) is 5.51 Å². The van der Waals surface area contributed by atoms with Gasteiger partial charge in [-0.15, -0.1) is 11.3 Å². The van der Waals surface area contributed by atoms with Crippen molar-refractivity contribution in [3.05, 3.63) is 16.6 Å². The van der Waals surface area contributed by atoms with E-state index in [-0.39, 0.29) is 0 Å². The third kappa shape index (κ3) is 3.26. The molecule has 2 rings (SSSR count). The van der Waals surface area contributed by atoms with Gasteiger partial charge in [-0.2, -0.15) is 0 Å². The smallest absolute Gasteiger partial charge is 0.0794 e. The number of rotatable bonds is 4. The summed E-state index contributed by atoms with van der Waals surface area (Å²) in [4.78, 5) is 7.93. The van der Waals surface area contributed by atoms with Crippen LogP contribution < -0.4 is 0 Å². The molecule has 1 fully saturated rings. The Hall–Kier alpha value is -0.450. The van der Waals surface area contributed by atoms with Crippen molar-refractivity contribution in [3.8, 4) is 0 Å². The minimum atomic E-state index is 0.332. The van der Waals surface area contributed by atoms with Crippen molar-refractivity contribution >= 4 is 11.3 Å². The van der Waals surface area contributed by atoms with E-state index in [9.17, 15) is 0 Å². The molecule has 2 heterocycles. The van der Waals surface area contributed by atoms with Gasteiger partial charge in [-0.25, -0.2) is 0 Å². The van der Waals surface area contributed by atoms with Crippen LogP contribution in [0.15, 0.2) is 11.7 Å². The summed E-state index contributed by atoms with van der Waals surface area (Å²) in [5.41, 5.74) is 1.89. The number of aliphatic hydroxyl groups is 1. The minimum Gasteiger partial charge on any atom is -0.396 e. The molecule has 0 bridgehead atoms. The lowest BCUT2D eigenvalue weighted by atomic mass is 9.95. The Bertz CT molecular complexity index is 274. The molecule has 84 valence electrons. The van der Waals surface area contributed by atoms with Crippen LogP contribution in [0, 0.1) is 5.92 Å². The molecule has 1 aromatic heterocycles. The zero-order valence-electron chi connectivity index (χ0n) is 8.93. The van der Waals surface area contributed by atoms with E-state index in [4.69, 9.17) is 5.11 Å². The normalized spacial score (nSPS) is 23.1. The zero-order chi connectivity index (χ0) is 10.5. The minimum absolute atomic E-state index is 0.332. The Morgan fingerprint density at radius 3 is 3.27 bits per heavy atom. The summed E-state index contributed by atoms with van der Waals surface area (Å²) in [7, 11) is 0. The lowest BCUT2D eigenvalue weighted by molar-refractivity contribution is 0.143. The summed E-state index contributed by atoms with van der Waals surface area (Å²) in [6.45, 7) is 3.70. The Morgan fingerprint density at radius 2 is 2.53 bits per heavy atom.